The van der Waals surface area contributed by atoms with E-state index >= 15 is 0 Å². The van der Waals surface area contributed by atoms with E-state index in [0.717, 1.165) is 25.2 Å². The zero-order valence-corrected chi connectivity index (χ0v) is 11.8. The van der Waals surface area contributed by atoms with Gasteiger partial charge in [-0.1, -0.05) is 6.07 Å². The average Bonchev–Trinajstić information content (AvgIpc) is 3.03. The van der Waals surface area contributed by atoms with E-state index in [-0.39, 0.29) is 5.91 Å². The molecule has 0 saturated carbocycles. The highest BCUT2D eigenvalue weighted by molar-refractivity contribution is 5.94. The van der Waals surface area contributed by atoms with Crippen molar-refractivity contribution in [3.05, 3.63) is 54.5 Å². The van der Waals surface area contributed by atoms with Gasteiger partial charge in [0.1, 0.15) is 5.82 Å². The zero-order chi connectivity index (χ0) is 14.5. The summed E-state index contributed by atoms with van der Waals surface area (Å²) in [7, 11) is 0. The summed E-state index contributed by atoms with van der Waals surface area (Å²) in [4.78, 5) is 22.7. The summed E-state index contributed by atoms with van der Waals surface area (Å²) in [5.74, 6) is 0.934. The number of rotatable bonds is 4. The average molecular weight is 282 g/mol. The molecular weight excluding hydrogens is 264 g/mol. The van der Waals surface area contributed by atoms with Gasteiger partial charge in [0, 0.05) is 43.3 Å². The van der Waals surface area contributed by atoms with Crippen molar-refractivity contribution in [3.63, 3.8) is 0 Å². The Bertz CT molecular complexity index is 588. The number of hydrogen-bond donors (Lipinski definition) is 1. The molecule has 2 aromatic rings. The molecule has 1 unspecified atom stereocenters. The van der Waals surface area contributed by atoms with Crippen LogP contribution in [0.5, 0.6) is 0 Å². The summed E-state index contributed by atoms with van der Waals surface area (Å²) < 4.78 is 0. The molecule has 1 atom stereocenters. The van der Waals surface area contributed by atoms with E-state index in [0.29, 0.717) is 18.2 Å². The molecule has 1 aliphatic rings. The lowest BCUT2D eigenvalue weighted by Gasteiger charge is -2.25. The maximum Gasteiger partial charge on any atom is 0.251 e. The highest BCUT2D eigenvalue weighted by Gasteiger charge is 2.25. The molecule has 108 valence electrons. The van der Waals surface area contributed by atoms with Crippen LogP contribution in [-0.4, -0.2) is 35.0 Å². The number of carbonyl (C=O) groups is 1. The number of nitrogens with zero attached hydrogens (tertiary/aromatic N) is 3. The van der Waals surface area contributed by atoms with Crippen LogP contribution in [0.1, 0.15) is 23.2 Å². The molecule has 1 saturated heterocycles. The third kappa shape index (κ3) is 3.18. The topological polar surface area (TPSA) is 58.1 Å². The van der Waals surface area contributed by atoms with Crippen LogP contribution in [-0.2, 0) is 0 Å². The lowest BCUT2D eigenvalue weighted by atomic mass is 10.2. The first-order valence-electron chi connectivity index (χ1n) is 7.20. The fourth-order valence-corrected chi connectivity index (χ4v) is 2.69. The van der Waals surface area contributed by atoms with Gasteiger partial charge in [-0.2, -0.15) is 0 Å². The Kier molecular flexibility index (Phi) is 4.09. The van der Waals surface area contributed by atoms with Crippen molar-refractivity contribution < 1.29 is 4.79 Å². The Morgan fingerprint density at radius 1 is 1.24 bits per heavy atom. The van der Waals surface area contributed by atoms with Gasteiger partial charge >= 0.3 is 0 Å². The summed E-state index contributed by atoms with van der Waals surface area (Å²) in [6, 6.07) is 9.68. The Morgan fingerprint density at radius 2 is 2.10 bits per heavy atom. The van der Waals surface area contributed by atoms with Crippen LogP contribution >= 0.6 is 0 Å². The lowest BCUT2D eigenvalue weighted by molar-refractivity contribution is 0.0951. The molecule has 0 aromatic carbocycles. The van der Waals surface area contributed by atoms with Gasteiger partial charge in [0.25, 0.3) is 5.91 Å². The first kappa shape index (κ1) is 13.5. The molecule has 5 heteroatoms. The van der Waals surface area contributed by atoms with E-state index in [2.05, 4.69) is 20.2 Å². The van der Waals surface area contributed by atoms with Crippen molar-refractivity contribution in [1.29, 1.82) is 0 Å². The molecule has 3 rings (SSSR count). The smallest absolute Gasteiger partial charge is 0.251 e. The molecule has 1 fully saturated rings. The second-order valence-electron chi connectivity index (χ2n) is 5.12. The van der Waals surface area contributed by atoms with Gasteiger partial charge in [-0.05, 0) is 37.1 Å². The standard InChI is InChI=1S/C16H18N4O/c21-16(13-6-9-17-10-7-13)19-12-14-4-3-11-20(14)15-5-1-2-8-18-15/h1-2,5-10,14H,3-4,11-12H2,(H,19,21). The van der Waals surface area contributed by atoms with Crippen LogP contribution in [0, 0.1) is 0 Å². The fraction of sp³-hybridized carbons (Fsp3) is 0.312. The molecule has 1 aliphatic heterocycles. The second kappa shape index (κ2) is 6.35. The van der Waals surface area contributed by atoms with E-state index in [1.807, 2.05) is 18.2 Å². The van der Waals surface area contributed by atoms with Crippen LogP contribution in [0.4, 0.5) is 5.82 Å². The number of nitrogens with one attached hydrogen (secondary N) is 1. The minimum Gasteiger partial charge on any atom is -0.352 e. The Hall–Kier alpha value is -2.43. The molecule has 0 bridgehead atoms. The largest absolute Gasteiger partial charge is 0.352 e. The van der Waals surface area contributed by atoms with Gasteiger partial charge in [0.2, 0.25) is 0 Å². The summed E-state index contributed by atoms with van der Waals surface area (Å²) in [6.07, 6.45) is 7.27. The predicted octanol–water partition coefficient (Wildman–Crippen LogP) is 1.88. The van der Waals surface area contributed by atoms with Gasteiger partial charge in [-0.15, -0.1) is 0 Å². The maximum atomic E-state index is 12.1. The first-order chi connectivity index (χ1) is 10.3. The van der Waals surface area contributed by atoms with Crippen LogP contribution in [0.2, 0.25) is 0 Å². The van der Waals surface area contributed by atoms with Crippen molar-refractivity contribution in [2.24, 2.45) is 0 Å². The summed E-state index contributed by atoms with van der Waals surface area (Å²) in [5.41, 5.74) is 0.646. The first-order valence-corrected chi connectivity index (χ1v) is 7.20. The highest BCUT2D eigenvalue weighted by Crippen LogP contribution is 2.22. The molecule has 1 N–H and O–H groups in total. The maximum absolute atomic E-state index is 12.1. The highest BCUT2D eigenvalue weighted by atomic mass is 16.1. The van der Waals surface area contributed by atoms with Gasteiger partial charge in [0.15, 0.2) is 0 Å². The monoisotopic (exact) mass is 282 g/mol. The molecule has 1 amide bonds. The van der Waals surface area contributed by atoms with Gasteiger partial charge in [-0.25, -0.2) is 4.98 Å². The van der Waals surface area contributed by atoms with Crippen molar-refractivity contribution in [1.82, 2.24) is 15.3 Å². The summed E-state index contributed by atoms with van der Waals surface area (Å²) in [6.45, 7) is 1.63. The normalized spacial score (nSPS) is 17.7. The number of amides is 1. The fourth-order valence-electron chi connectivity index (χ4n) is 2.69. The number of anilines is 1. The predicted molar refractivity (Wildman–Crippen MR) is 81.2 cm³/mol. The molecule has 0 spiro atoms. The number of carbonyl (C=O) groups excluding carboxylic acids is 1. The summed E-state index contributed by atoms with van der Waals surface area (Å²) >= 11 is 0. The van der Waals surface area contributed by atoms with Crippen molar-refractivity contribution in [2.75, 3.05) is 18.0 Å². The van der Waals surface area contributed by atoms with E-state index in [1.54, 1.807) is 30.7 Å². The molecule has 21 heavy (non-hydrogen) atoms. The van der Waals surface area contributed by atoms with Gasteiger partial charge in [-0.3, -0.25) is 9.78 Å². The number of hydrogen-bond acceptors (Lipinski definition) is 4. The minimum absolute atomic E-state index is 0.0507. The molecule has 3 heterocycles. The second-order valence-corrected chi connectivity index (χ2v) is 5.12. The Labute approximate surface area is 124 Å². The minimum atomic E-state index is -0.0507. The Balaban J connectivity index is 1.61. The van der Waals surface area contributed by atoms with E-state index in [4.69, 9.17) is 0 Å². The SMILES string of the molecule is O=C(NCC1CCCN1c1ccccn1)c1ccncc1. The third-order valence-electron chi connectivity index (χ3n) is 3.76. The molecular formula is C16H18N4O. The molecule has 0 aliphatic carbocycles. The zero-order valence-electron chi connectivity index (χ0n) is 11.8. The Morgan fingerprint density at radius 3 is 2.86 bits per heavy atom. The van der Waals surface area contributed by atoms with E-state index < -0.39 is 0 Å². The summed E-state index contributed by atoms with van der Waals surface area (Å²) in [5, 5.41) is 3.00. The molecule has 0 radical (unpaired) electrons. The van der Waals surface area contributed by atoms with E-state index in [1.165, 1.54) is 0 Å². The van der Waals surface area contributed by atoms with Crippen LogP contribution in [0.3, 0.4) is 0 Å². The number of aromatic nitrogens is 2. The quantitative estimate of drug-likeness (QED) is 0.930. The van der Waals surface area contributed by atoms with E-state index in [9.17, 15) is 4.79 Å². The van der Waals surface area contributed by atoms with Gasteiger partial charge in [0.05, 0.1) is 0 Å². The van der Waals surface area contributed by atoms with Crippen LogP contribution < -0.4 is 10.2 Å². The van der Waals surface area contributed by atoms with Crippen LogP contribution in [0.15, 0.2) is 48.9 Å². The molecule has 2 aromatic heterocycles. The lowest BCUT2D eigenvalue weighted by Crippen LogP contribution is -2.40. The van der Waals surface area contributed by atoms with Crippen molar-refractivity contribution in [2.45, 2.75) is 18.9 Å². The van der Waals surface area contributed by atoms with Crippen LogP contribution in [0.25, 0.3) is 0 Å². The third-order valence-corrected chi connectivity index (χ3v) is 3.76. The van der Waals surface area contributed by atoms with Crippen molar-refractivity contribution >= 4 is 11.7 Å². The number of pyridine rings is 2. The molecule has 5 nitrogen and oxygen atoms in total. The van der Waals surface area contributed by atoms with Gasteiger partial charge < -0.3 is 10.2 Å². The van der Waals surface area contributed by atoms with Crippen molar-refractivity contribution in [3.8, 4) is 0 Å².